The molecule has 0 radical (unpaired) electrons. The quantitative estimate of drug-likeness (QED) is 0.586. The zero-order valence-electron chi connectivity index (χ0n) is 12.4. The Balaban J connectivity index is 2.80. The van der Waals surface area contributed by atoms with Gasteiger partial charge in [-0.05, 0) is 19.5 Å². The van der Waals surface area contributed by atoms with Crippen molar-refractivity contribution in [3.63, 3.8) is 0 Å². The van der Waals surface area contributed by atoms with E-state index in [1.54, 1.807) is 7.11 Å². The molecule has 0 aromatic heterocycles. The average Bonchev–Trinajstić information content (AvgIpc) is 2.37. The van der Waals surface area contributed by atoms with Crippen LogP contribution in [-0.2, 0) is 6.54 Å². The fourth-order valence-electron chi connectivity index (χ4n) is 2.06. The third kappa shape index (κ3) is 4.56. The number of nitrogens with zero attached hydrogens (tertiary/aromatic N) is 1. The summed E-state index contributed by atoms with van der Waals surface area (Å²) >= 11 is 0. The molecule has 0 bridgehead atoms. The lowest BCUT2D eigenvalue weighted by Gasteiger charge is -2.24. The summed E-state index contributed by atoms with van der Waals surface area (Å²) in [7, 11) is 1.70. The number of nitrogens with two attached hydrogens (primary N) is 1. The normalized spacial score (nSPS) is 12.5. The number of benzene rings is 1. The standard InChI is InChI=1S/C15H25N3O/c1-5-18(9-12(3)15(16)17)10-13-8-11(2)6-7-14(13)19-4/h6-8,12H,5,9-10H2,1-4H3,(H3,16,17). The number of hydrogen-bond acceptors (Lipinski definition) is 3. The lowest BCUT2D eigenvalue weighted by atomic mass is 10.1. The van der Waals surface area contributed by atoms with Crippen LogP contribution in [0.5, 0.6) is 5.75 Å². The number of aryl methyl sites for hydroxylation is 1. The smallest absolute Gasteiger partial charge is 0.123 e. The minimum absolute atomic E-state index is 0.0794. The summed E-state index contributed by atoms with van der Waals surface area (Å²) in [5.41, 5.74) is 7.95. The van der Waals surface area contributed by atoms with E-state index in [-0.39, 0.29) is 11.8 Å². The van der Waals surface area contributed by atoms with E-state index in [1.807, 2.05) is 13.0 Å². The van der Waals surface area contributed by atoms with Crippen molar-refractivity contribution < 1.29 is 4.74 Å². The predicted molar refractivity (Wildman–Crippen MR) is 79.8 cm³/mol. The lowest BCUT2D eigenvalue weighted by Crippen LogP contribution is -2.34. The molecule has 4 nitrogen and oxygen atoms in total. The molecular weight excluding hydrogens is 238 g/mol. The molecule has 1 unspecified atom stereocenters. The van der Waals surface area contributed by atoms with Crippen molar-refractivity contribution in [3.05, 3.63) is 29.3 Å². The Morgan fingerprint density at radius 2 is 2.16 bits per heavy atom. The van der Waals surface area contributed by atoms with Gasteiger partial charge in [-0.15, -0.1) is 0 Å². The summed E-state index contributed by atoms with van der Waals surface area (Å²) in [5, 5.41) is 7.49. The van der Waals surface area contributed by atoms with Crippen LogP contribution in [0.25, 0.3) is 0 Å². The Morgan fingerprint density at radius 3 is 2.68 bits per heavy atom. The van der Waals surface area contributed by atoms with Crippen molar-refractivity contribution >= 4 is 5.84 Å². The Hall–Kier alpha value is -1.55. The van der Waals surface area contributed by atoms with Crippen LogP contribution >= 0.6 is 0 Å². The molecule has 1 atom stereocenters. The van der Waals surface area contributed by atoms with Gasteiger partial charge in [0.2, 0.25) is 0 Å². The first-order valence-corrected chi connectivity index (χ1v) is 6.67. The summed E-state index contributed by atoms with van der Waals surface area (Å²) in [6, 6.07) is 6.21. The zero-order valence-corrected chi connectivity index (χ0v) is 12.4. The van der Waals surface area contributed by atoms with Gasteiger partial charge in [0.25, 0.3) is 0 Å². The van der Waals surface area contributed by atoms with Crippen LogP contribution in [-0.4, -0.2) is 30.9 Å². The highest BCUT2D eigenvalue weighted by Gasteiger charge is 2.13. The number of methoxy groups -OCH3 is 1. The molecule has 0 spiro atoms. The summed E-state index contributed by atoms with van der Waals surface area (Å²) < 4.78 is 5.40. The van der Waals surface area contributed by atoms with Crippen LogP contribution < -0.4 is 10.5 Å². The molecule has 19 heavy (non-hydrogen) atoms. The van der Waals surface area contributed by atoms with Gasteiger partial charge in [0.15, 0.2) is 0 Å². The molecule has 0 heterocycles. The van der Waals surface area contributed by atoms with Gasteiger partial charge in [-0.3, -0.25) is 10.3 Å². The molecule has 0 fully saturated rings. The van der Waals surface area contributed by atoms with Crippen molar-refractivity contribution in [3.8, 4) is 5.75 Å². The van der Waals surface area contributed by atoms with Crippen LogP contribution in [0.1, 0.15) is 25.0 Å². The number of ether oxygens (including phenoxy) is 1. The van der Waals surface area contributed by atoms with Gasteiger partial charge in [-0.25, -0.2) is 0 Å². The largest absolute Gasteiger partial charge is 0.496 e. The van der Waals surface area contributed by atoms with E-state index >= 15 is 0 Å². The zero-order chi connectivity index (χ0) is 14.4. The third-order valence-corrected chi connectivity index (χ3v) is 3.34. The number of amidine groups is 1. The van der Waals surface area contributed by atoms with Gasteiger partial charge < -0.3 is 10.5 Å². The first-order chi connectivity index (χ1) is 8.97. The molecule has 3 N–H and O–H groups in total. The molecule has 106 valence electrons. The summed E-state index contributed by atoms with van der Waals surface area (Å²) in [4.78, 5) is 2.28. The van der Waals surface area contributed by atoms with Crippen molar-refractivity contribution in [2.75, 3.05) is 20.2 Å². The second kappa shape index (κ2) is 7.14. The molecule has 0 aliphatic carbocycles. The highest BCUT2D eigenvalue weighted by molar-refractivity contribution is 5.79. The van der Waals surface area contributed by atoms with E-state index in [9.17, 15) is 0 Å². The van der Waals surface area contributed by atoms with Gasteiger partial charge >= 0.3 is 0 Å². The fourth-order valence-corrected chi connectivity index (χ4v) is 2.06. The van der Waals surface area contributed by atoms with Crippen molar-refractivity contribution in [1.29, 1.82) is 5.41 Å². The number of rotatable bonds is 7. The van der Waals surface area contributed by atoms with Gasteiger partial charge in [-0.2, -0.15) is 0 Å². The third-order valence-electron chi connectivity index (χ3n) is 3.34. The molecular formula is C15H25N3O. The SMILES string of the molecule is CCN(Cc1cc(C)ccc1OC)CC(C)C(=N)N. The molecule has 4 heteroatoms. The van der Waals surface area contributed by atoms with E-state index < -0.39 is 0 Å². The summed E-state index contributed by atoms with van der Waals surface area (Å²) in [6.07, 6.45) is 0. The molecule has 0 aliphatic heterocycles. The van der Waals surface area contributed by atoms with E-state index in [1.165, 1.54) is 11.1 Å². The first kappa shape index (κ1) is 15.5. The van der Waals surface area contributed by atoms with E-state index in [4.69, 9.17) is 15.9 Å². The monoisotopic (exact) mass is 263 g/mol. The first-order valence-electron chi connectivity index (χ1n) is 6.67. The molecule has 1 rings (SSSR count). The number of hydrogen-bond donors (Lipinski definition) is 2. The number of nitrogens with one attached hydrogen (secondary N) is 1. The van der Waals surface area contributed by atoms with Crippen molar-refractivity contribution in [2.45, 2.75) is 27.3 Å². The molecule has 0 amide bonds. The van der Waals surface area contributed by atoms with Crippen molar-refractivity contribution in [2.24, 2.45) is 11.7 Å². The maximum atomic E-state index is 7.49. The van der Waals surface area contributed by atoms with Crippen LogP contribution in [0.4, 0.5) is 0 Å². The Labute approximate surface area is 116 Å². The molecule has 0 aliphatic rings. The van der Waals surface area contributed by atoms with Crippen LogP contribution in [0, 0.1) is 18.3 Å². The summed E-state index contributed by atoms with van der Waals surface area (Å²) in [6.45, 7) is 8.72. The molecule has 0 saturated carbocycles. The van der Waals surface area contributed by atoms with E-state index in [2.05, 4.69) is 30.9 Å². The van der Waals surface area contributed by atoms with Gasteiger partial charge in [0.05, 0.1) is 12.9 Å². The minimum atomic E-state index is 0.0794. The second-order valence-electron chi connectivity index (χ2n) is 5.00. The highest BCUT2D eigenvalue weighted by atomic mass is 16.5. The molecule has 0 saturated heterocycles. The second-order valence-corrected chi connectivity index (χ2v) is 5.00. The Bertz CT molecular complexity index is 431. The average molecular weight is 263 g/mol. The Morgan fingerprint density at radius 1 is 1.47 bits per heavy atom. The summed E-state index contributed by atoms with van der Waals surface area (Å²) in [5.74, 6) is 1.24. The molecule has 1 aromatic carbocycles. The van der Waals surface area contributed by atoms with E-state index in [0.717, 1.165) is 25.4 Å². The maximum absolute atomic E-state index is 7.49. The van der Waals surface area contributed by atoms with Gasteiger partial charge in [0, 0.05) is 24.6 Å². The van der Waals surface area contributed by atoms with Crippen LogP contribution in [0.3, 0.4) is 0 Å². The highest BCUT2D eigenvalue weighted by Crippen LogP contribution is 2.21. The fraction of sp³-hybridized carbons (Fsp3) is 0.533. The maximum Gasteiger partial charge on any atom is 0.123 e. The topological polar surface area (TPSA) is 62.3 Å². The molecule has 1 aromatic rings. The van der Waals surface area contributed by atoms with Gasteiger partial charge in [0.1, 0.15) is 5.75 Å². The Kier molecular flexibility index (Phi) is 5.83. The van der Waals surface area contributed by atoms with Crippen LogP contribution in [0.2, 0.25) is 0 Å². The van der Waals surface area contributed by atoms with Crippen LogP contribution in [0.15, 0.2) is 18.2 Å². The predicted octanol–water partition coefficient (Wildman–Crippen LogP) is 2.40. The van der Waals surface area contributed by atoms with E-state index in [0.29, 0.717) is 0 Å². The van der Waals surface area contributed by atoms with Crippen molar-refractivity contribution in [1.82, 2.24) is 4.90 Å². The van der Waals surface area contributed by atoms with Gasteiger partial charge in [-0.1, -0.05) is 31.5 Å². The lowest BCUT2D eigenvalue weighted by molar-refractivity contribution is 0.258. The minimum Gasteiger partial charge on any atom is -0.496 e.